The predicted octanol–water partition coefficient (Wildman–Crippen LogP) is 3.82. The van der Waals surface area contributed by atoms with Gasteiger partial charge in [0.05, 0.1) is 10.4 Å². The van der Waals surface area contributed by atoms with E-state index in [9.17, 15) is 4.79 Å². The number of aromatic nitrogens is 2. The maximum atomic E-state index is 12.0. The third kappa shape index (κ3) is 1.67. The summed E-state index contributed by atoms with van der Waals surface area (Å²) < 4.78 is 6.52. The van der Waals surface area contributed by atoms with Crippen molar-refractivity contribution in [3.05, 3.63) is 57.4 Å². The van der Waals surface area contributed by atoms with E-state index in [1.54, 1.807) is 29.5 Å². The molecule has 0 saturated heterocycles. The zero-order valence-electron chi connectivity index (χ0n) is 10.0. The first kappa shape index (κ1) is 11.7. The molecule has 4 rings (SSSR count). The molecule has 0 aliphatic carbocycles. The van der Waals surface area contributed by atoms with E-state index >= 15 is 0 Å². The maximum Gasteiger partial charge on any atom is 0.440 e. The summed E-state index contributed by atoms with van der Waals surface area (Å²) in [4.78, 5) is 13.0. The average molecular weight is 303 g/mol. The number of thiophene rings is 1. The topological polar surface area (TPSA) is 47.5 Å². The molecule has 6 heteroatoms. The molecular formula is C14H7ClN2O2S. The summed E-state index contributed by atoms with van der Waals surface area (Å²) in [5.41, 5.74) is 1.95. The Labute approximate surface area is 121 Å². The van der Waals surface area contributed by atoms with Gasteiger partial charge in [-0.15, -0.1) is 11.3 Å². The smallest absolute Gasteiger partial charge is 0.408 e. The third-order valence-corrected chi connectivity index (χ3v) is 4.20. The Kier molecular flexibility index (Phi) is 2.45. The fourth-order valence-electron chi connectivity index (χ4n) is 2.19. The van der Waals surface area contributed by atoms with Crippen molar-refractivity contribution in [2.24, 2.45) is 0 Å². The zero-order valence-corrected chi connectivity index (χ0v) is 11.6. The van der Waals surface area contributed by atoms with Gasteiger partial charge in [0.2, 0.25) is 0 Å². The molecule has 0 amide bonds. The van der Waals surface area contributed by atoms with Crippen molar-refractivity contribution >= 4 is 39.4 Å². The molecular weight excluding hydrogens is 296 g/mol. The second-order valence-electron chi connectivity index (χ2n) is 4.31. The van der Waals surface area contributed by atoms with Crippen LogP contribution in [0.1, 0.15) is 0 Å². The van der Waals surface area contributed by atoms with Crippen LogP contribution in [0.25, 0.3) is 27.1 Å². The minimum absolute atomic E-state index is 0.502. The number of fused-ring (bicyclic) bond motifs is 3. The Balaban J connectivity index is 2.15. The highest BCUT2D eigenvalue weighted by molar-refractivity contribution is 7.13. The first-order chi connectivity index (χ1) is 9.72. The van der Waals surface area contributed by atoms with E-state index in [4.69, 9.17) is 16.0 Å². The molecule has 4 aromatic rings. The summed E-state index contributed by atoms with van der Waals surface area (Å²) in [5.74, 6) is -0.502. The van der Waals surface area contributed by atoms with Gasteiger partial charge in [0, 0.05) is 10.4 Å². The second-order valence-corrected chi connectivity index (χ2v) is 5.70. The van der Waals surface area contributed by atoms with Crippen LogP contribution in [0.2, 0.25) is 5.02 Å². The van der Waals surface area contributed by atoms with Gasteiger partial charge >= 0.3 is 5.76 Å². The molecule has 0 N–H and O–H groups in total. The quantitative estimate of drug-likeness (QED) is 0.537. The van der Waals surface area contributed by atoms with Crippen molar-refractivity contribution in [1.82, 2.24) is 9.61 Å². The van der Waals surface area contributed by atoms with Gasteiger partial charge in [-0.1, -0.05) is 17.7 Å². The molecule has 0 aliphatic heterocycles. The molecule has 20 heavy (non-hydrogen) atoms. The molecule has 0 bridgehead atoms. The first-order valence-electron chi connectivity index (χ1n) is 5.88. The number of hydrogen-bond donors (Lipinski definition) is 0. The molecule has 0 radical (unpaired) electrons. The number of halogens is 1. The highest BCUT2D eigenvalue weighted by atomic mass is 35.5. The van der Waals surface area contributed by atoms with Crippen LogP contribution in [0.15, 0.2) is 51.0 Å². The van der Waals surface area contributed by atoms with E-state index in [1.165, 1.54) is 4.52 Å². The maximum absolute atomic E-state index is 12.0. The van der Waals surface area contributed by atoms with Gasteiger partial charge in [-0.25, -0.2) is 4.79 Å². The number of rotatable bonds is 1. The molecule has 0 saturated carbocycles. The van der Waals surface area contributed by atoms with E-state index in [0.29, 0.717) is 16.1 Å². The van der Waals surface area contributed by atoms with Crippen LogP contribution >= 0.6 is 22.9 Å². The van der Waals surface area contributed by atoms with Gasteiger partial charge in [0.15, 0.2) is 0 Å². The monoisotopic (exact) mass is 302 g/mol. The van der Waals surface area contributed by atoms with Gasteiger partial charge < -0.3 is 4.42 Å². The van der Waals surface area contributed by atoms with Crippen LogP contribution < -0.4 is 5.76 Å². The molecule has 0 unspecified atom stereocenters. The first-order valence-corrected chi connectivity index (χ1v) is 7.14. The minimum Gasteiger partial charge on any atom is -0.408 e. The largest absolute Gasteiger partial charge is 0.440 e. The van der Waals surface area contributed by atoms with E-state index in [2.05, 4.69) is 5.10 Å². The van der Waals surface area contributed by atoms with Crippen molar-refractivity contribution in [2.45, 2.75) is 0 Å². The molecule has 0 fully saturated rings. The number of benzene rings is 1. The highest BCUT2D eigenvalue weighted by Crippen LogP contribution is 2.28. The Bertz CT molecular complexity index is 986. The van der Waals surface area contributed by atoms with Gasteiger partial charge in [-0.3, -0.25) is 0 Å². The summed E-state index contributed by atoms with van der Waals surface area (Å²) in [6, 6.07) is 10.9. The average Bonchev–Trinajstić information content (AvgIpc) is 3.08. The van der Waals surface area contributed by atoms with Gasteiger partial charge in [0.1, 0.15) is 11.3 Å². The van der Waals surface area contributed by atoms with E-state index < -0.39 is 5.76 Å². The van der Waals surface area contributed by atoms with Gasteiger partial charge in [-0.05, 0) is 35.7 Å². The lowest BCUT2D eigenvalue weighted by atomic mass is 10.2. The summed E-state index contributed by atoms with van der Waals surface area (Å²) in [6.07, 6.45) is 0. The van der Waals surface area contributed by atoms with Crippen molar-refractivity contribution in [3.63, 3.8) is 0 Å². The van der Waals surface area contributed by atoms with Crippen molar-refractivity contribution in [1.29, 1.82) is 0 Å². The fourth-order valence-corrected chi connectivity index (χ4v) is 3.04. The van der Waals surface area contributed by atoms with E-state index in [-0.39, 0.29) is 0 Å². The Morgan fingerprint density at radius 1 is 1.25 bits per heavy atom. The van der Waals surface area contributed by atoms with Crippen molar-refractivity contribution in [2.75, 3.05) is 0 Å². The molecule has 98 valence electrons. The number of nitrogens with zero attached hydrogens (tertiary/aromatic N) is 2. The molecule has 0 spiro atoms. The summed E-state index contributed by atoms with van der Waals surface area (Å²) in [5, 5.41) is 7.64. The zero-order chi connectivity index (χ0) is 13.7. The summed E-state index contributed by atoms with van der Waals surface area (Å²) >= 11 is 7.59. The lowest BCUT2D eigenvalue weighted by molar-refractivity contribution is 0.508. The second kappa shape index (κ2) is 4.19. The number of hydrogen-bond acceptors (Lipinski definition) is 4. The fraction of sp³-hybridized carbons (Fsp3) is 0. The van der Waals surface area contributed by atoms with Crippen LogP contribution in [-0.4, -0.2) is 9.61 Å². The normalized spacial score (nSPS) is 11.4. The molecule has 0 aliphatic rings. The Hall–Kier alpha value is -2.11. The lowest BCUT2D eigenvalue weighted by Crippen LogP contribution is -2.12. The SMILES string of the molecule is O=c1oc2ccc(Cl)cc2c2cc(-c3cccs3)nn12. The molecule has 1 aromatic carbocycles. The van der Waals surface area contributed by atoms with Crippen molar-refractivity contribution in [3.8, 4) is 10.6 Å². The molecule has 0 atom stereocenters. The molecule has 3 aromatic heterocycles. The van der Waals surface area contributed by atoms with Crippen LogP contribution in [-0.2, 0) is 0 Å². The third-order valence-electron chi connectivity index (χ3n) is 3.07. The van der Waals surface area contributed by atoms with Gasteiger partial charge in [0.25, 0.3) is 0 Å². The predicted molar refractivity (Wildman–Crippen MR) is 79.6 cm³/mol. The Morgan fingerprint density at radius 3 is 2.95 bits per heavy atom. The van der Waals surface area contributed by atoms with Crippen LogP contribution in [0.5, 0.6) is 0 Å². The summed E-state index contributed by atoms with van der Waals surface area (Å²) in [6.45, 7) is 0. The Morgan fingerprint density at radius 2 is 2.15 bits per heavy atom. The summed E-state index contributed by atoms with van der Waals surface area (Å²) in [7, 11) is 0. The van der Waals surface area contributed by atoms with Crippen LogP contribution in [0.3, 0.4) is 0 Å². The van der Waals surface area contributed by atoms with Gasteiger partial charge in [-0.2, -0.15) is 9.61 Å². The van der Waals surface area contributed by atoms with Crippen LogP contribution in [0.4, 0.5) is 0 Å². The molecule has 4 nitrogen and oxygen atoms in total. The van der Waals surface area contributed by atoms with E-state index in [0.717, 1.165) is 16.0 Å². The molecule has 3 heterocycles. The van der Waals surface area contributed by atoms with Crippen LogP contribution in [0, 0.1) is 0 Å². The van der Waals surface area contributed by atoms with Crippen molar-refractivity contribution < 1.29 is 4.42 Å². The van der Waals surface area contributed by atoms with E-state index in [1.807, 2.05) is 23.6 Å². The minimum atomic E-state index is -0.502. The lowest BCUT2D eigenvalue weighted by Gasteiger charge is -1.98. The highest BCUT2D eigenvalue weighted by Gasteiger charge is 2.12. The standard InChI is InChI=1S/C14H7ClN2O2S/c15-8-3-4-12-9(6-8)11-7-10(13-2-1-5-20-13)16-17(11)14(18)19-12/h1-7H.